The molecule has 0 aromatic heterocycles. The molecule has 6 nitrogen and oxygen atoms in total. The van der Waals surface area contributed by atoms with Crippen LogP contribution in [0.3, 0.4) is 0 Å². The first kappa shape index (κ1) is 18.4. The number of ether oxygens (including phenoxy) is 1. The highest BCUT2D eigenvalue weighted by molar-refractivity contribution is 7.86. The lowest BCUT2D eigenvalue weighted by atomic mass is 9.92. The second-order valence-electron chi connectivity index (χ2n) is 5.48. The van der Waals surface area contributed by atoms with Crippen molar-refractivity contribution < 1.29 is 22.1 Å². The molecule has 0 N–H and O–H groups in total. The first-order valence-electron chi connectivity index (χ1n) is 7.71. The molecule has 130 valence electrons. The number of benzene rings is 1. The van der Waals surface area contributed by atoms with E-state index in [0.717, 1.165) is 11.8 Å². The number of hydrogen-bond donors (Lipinski definition) is 0. The average Bonchev–Trinajstić information content (AvgIpc) is 2.53. The maximum absolute atomic E-state index is 11.9. The van der Waals surface area contributed by atoms with Crippen molar-refractivity contribution in [3.8, 4) is 0 Å². The lowest BCUT2D eigenvalue weighted by Crippen LogP contribution is -2.34. The van der Waals surface area contributed by atoms with Gasteiger partial charge >= 0.3 is 5.97 Å². The average molecular weight is 351 g/mol. The molecule has 7 heteroatoms. The minimum atomic E-state index is -3.61. The van der Waals surface area contributed by atoms with E-state index in [9.17, 15) is 13.2 Å². The van der Waals surface area contributed by atoms with Gasteiger partial charge in [-0.05, 0) is 18.9 Å². The topological polar surface area (TPSA) is 82.0 Å². The summed E-state index contributed by atoms with van der Waals surface area (Å²) in [6.07, 6.45) is 4.29. The summed E-state index contributed by atoms with van der Waals surface area (Å²) in [5, 5.41) is 0. The summed E-state index contributed by atoms with van der Waals surface area (Å²) in [6.45, 7) is 2.03. The molecule has 0 bridgehead atoms. The Kier molecular flexibility index (Phi) is 6.28. The zero-order chi connectivity index (χ0) is 17.6. The van der Waals surface area contributed by atoms with Gasteiger partial charge in [0, 0.05) is 18.2 Å². The second kappa shape index (κ2) is 8.21. The van der Waals surface area contributed by atoms with Crippen LogP contribution in [0.25, 0.3) is 0 Å². The lowest BCUT2D eigenvalue weighted by molar-refractivity contribution is -0.138. The van der Waals surface area contributed by atoms with E-state index in [0.29, 0.717) is 5.57 Å². The molecule has 0 aliphatic heterocycles. The Balaban J connectivity index is 2.19. The summed E-state index contributed by atoms with van der Waals surface area (Å²) in [5.41, 5.74) is 1.39. The standard InChI is InChI=1S/C17H21NO5S/c1-3-22-17(19)14-9-10-16(23-24(2,20)21)15(11-14)18-12-13-7-5-4-6-8-13/h4-9,12,15-16H,3,10-11H2,1-2H3/t15-,16+/m0/s1. The minimum Gasteiger partial charge on any atom is -0.463 e. The van der Waals surface area contributed by atoms with Crippen LogP contribution in [-0.2, 0) is 23.8 Å². The van der Waals surface area contributed by atoms with Crippen molar-refractivity contribution in [1.82, 2.24) is 0 Å². The molecule has 0 amide bonds. The fourth-order valence-electron chi connectivity index (χ4n) is 2.44. The van der Waals surface area contributed by atoms with Gasteiger partial charge < -0.3 is 4.74 Å². The van der Waals surface area contributed by atoms with Gasteiger partial charge in [0.1, 0.15) is 6.10 Å². The van der Waals surface area contributed by atoms with Crippen molar-refractivity contribution in [2.75, 3.05) is 12.9 Å². The summed E-state index contributed by atoms with van der Waals surface area (Å²) < 4.78 is 33.0. The Morgan fingerprint density at radius 2 is 2.04 bits per heavy atom. The van der Waals surface area contributed by atoms with Gasteiger partial charge in [-0.25, -0.2) is 4.79 Å². The Labute approximate surface area is 142 Å². The zero-order valence-corrected chi connectivity index (χ0v) is 14.5. The van der Waals surface area contributed by atoms with Crippen LogP contribution in [0.5, 0.6) is 0 Å². The van der Waals surface area contributed by atoms with Crippen molar-refractivity contribution in [3.05, 3.63) is 47.5 Å². The lowest BCUT2D eigenvalue weighted by Gasteiger charge is -2.27. The molecule has 0 saturated heterocycles. The number of aliphatic imine (C=N–C) groups is 1. The predicted molar refractivity (Wildman–Crippen MR) is 91.5 cm³/mol. The summed E-state index contributed by atoms with van der Waals surface area (Å²) in [7, 11) is -3.61. The molecular formula is C17H21NO5S. The van der Waals surface area contributed by atoms with Crippen molar-refractivity contribution >= 4 is 22.3 Å². The van der Waals surface area contributed by atoms with Crippen molar-refractivity contribution in [2.24, 2.45) is 4.99 Å². The molecule has 0 saturated carbocycles. The fraction of sp³-hybridized carbons (Fsp3) is 0.412. The molecule has 1 aromatic rings. The third-order valence-corrected chi connectivity index (χ3v) is 4.10. The summed E-state index contributed by atoms with van der Waals surface area (Å²) in [6, 6.07) is 8.98. The largest absolute Gasteiger partial charge is 0.463 e. The second-order valence-corrected chi connectivity index (χ2v) is 7.09. The molecule has 1 aliphatic rings. The molecular weight excluding hydrogens is 330 g/mol. The maximum atomic E-state index is 11.9. The van der Waals surface area contributed by atoms with E-state index in [1.807, 2.05) is 30.3 Å². The van der Waals surface area contributed by atoms with E-state index in [1.54, 1.807) is 19.2 Å². The highest BCUT2D eigenvalue weighted by Crippen LogP contribution is 2.26. The SMILES string of the molecule is CCOC(=O)C1=CC[C@@H](OS(C)(=O)=O)[C@@H](N=Cc2ccccc2)C1. The number of carbonyl (C=O) groups excluding carboxylic acids is 1. The summed E-state index contributed by atoms with van der Waals surface area (Å²) >= 11 is 0. The van der Waals surface area contributed by atoms with Gasteiger partial charge in [0.25, 0.3) is 10.1 Å². The highest BCUT2D eigenvalue weighted by atomic mass is 32.2. The van der Waals surface area contributed by atoms with Gasteiger partial charge in [0.05, 0.1) is 18.9 Å². The van der Waals surface area contributed by atoms with E-state index in [1.165, 1.54) is 0 Å². The molecule has 0 fully saturated rings. The number of esters is 1. The van der Waals surface area contributed by atoms with Crippen molar-refractivity contribution in [3.63, 3.8) is 0 Å². The summed E-state index contributed by atoms with van der Waals surface area (Å²) in [5.74, 6) is -0.393. The quantitative estimate of drug-likeness (QED) is 0.445. The Morgan fingerprint density at radius 1 is 1.33 bits per heavy atom. The highest BCUT2D eigenvalue weighted by Gasteiger charge is 2.31. The fourth-order valence-corrected chi connectivity index (χ4v) is 3.10. The molecule has 24 heavy (non-hydrogen) atoms. The normalized spacial score (nSPS) is 21.5. The van der Waals surface area contributed by atoms with Crippen LogP contribution in [0.4, 0.5) is 0 Å². The Hall–Kier alpha value is -1.99. The Morgan fingerprint density at radius 3 is 2.67 bits per heavy atom. The molecule has 1 aliphatic carbocycles. The molecule has 0 unspecified atom stereocenters. The number of carbonyl (C=O) groups is 1. The minimum absolute atomic E-state index is 0.280. The van der Waals surface area contributed by atoms with E-state index < -0.39 is 28.2 Å². The van der Waals surface area contributed by atoms with Crippen molar-refractivity contribution in [1.29, 1.82) is 0 Å². The van der Waals surface area contributed by atoms with Gasteiger partial charge in [-0.15, -0.1) is 0 Å². The number of hydrogen-bond acceptors (Lipinski definition) is 6. The van der Waals surface area contributed by atoms with Crippen LogP contribution >= 0.6 is 0 Å². The molecule has 2 rings (SSSR count). The van der Waals surface area contributed by atoms with Gasteiger partial charge in [0.15, 0.2) is 0 Å². The van der Waals surface area contributed by atoms with E-state index >= 15 is 0 Å². The van der Waals surface area contributed by atoms with Gasteiger partial charge in [0.2, 0.25) is 0 Å². The molecule has 0 spiro atoms. The van der Waals surface area contributed by atoms with E-state index in [4.69, 9.17) is 8.92 Å². The maximum Gasteiger partial charge on any atom is 0.333 e. The van der Waals surface area contributed by atoms with Gasteiger partial charge in [-0.2, -0.15) is 8.42 Å². The van der Waals surface area contributed by atoms with Crippen LogP contribution in [0, 0.1) is 0 Å². The molecule has 1 aromatic carbocycles. The monoisotopic (exact) mass is 351 g/mol. The third kappa shape index (κ3) is 5.58. The summed E-state index contributed by atoms with van der Waals surface area (Å²) in [4.78, 5) is 16.4. The van der Waals surface area contributed by atoms with Crippen molar-refractivity contribution in [2.45, 2.75) is 31.9 Å². The van der Waals surface area contributed by atoms with Crippen LogP contribution in [0.1, 0.15) is 25.3 Å². The molecule has 0 radical (unpaired) electrons. The first-order valence-corrected chi connectivity index (χ1v) is 9.53. The zero-order valence-electron chi connectivity index (χ0n) is 13.7. The van der Waals surface area contributed by atoms with Gasteiger partial charge in [-0.3, -0.25) is 9.18 Å². The van der Waals surface area contributed by atoms with E-state index in [2.05, 4.69) is 4.99 Å². The van der Waals surface area contributed by atoms with Crippen LogP contribution in [0.15, 0.2) is 47.0 Å². The Bertz CT molecular complexity index is 725. The number of nitrogens with zero attached hydrogens (tertiary/aromatic N) is 1. The smallest absolute Gasteiger partial charge is 0.333 e. The third-order valence-electron chi connectivity index (χ3n) is 3.51. The van der Waals surface area contributed by atoms with E-state index in [-0.39, 0.29) is 19.4 Å². The van der Waals surface area contributed by atoms with Gasteiger partial charge in [-0.1, -0.05) is 36.4 Å². The van der Waals surface area contributed by atoms with Crippen LogP contribution < -0.4 is 0 Å². The molecule has 2 atom stereocenters. The predicted octanol–water partition coefficient (Wildman–Crippen LogP) is 2.10. The first-order chi connectivity index (χ1) is 11.4. The van der Waals surface area contributed by atoms with Crippen LogP contribution in [0.2, 0.25) is 0 Å². The molecule has 0 heterocycles. The number of rotatable bonds is 6. The van der Waals surface area contributed by atoms with Crippen LogP contribution in [-0.4, -0.2) is 45.6 Å².